The number of urea groups is 1. The summed E-state index contributed by atoms with van der Waals surface area (Å²) in [5.41, 5.74) is 2.93. The Kier molecular flexibility index (Phi) is 3.79. The molecule has 0 bridgehead atoms. The molecule has 2 N–H and O–H groups in total. The number of aromatic nitrogens is 3. The molecule has 2 aromatic carbocycles. The number of hydrogen-bond acceptors (Lipinski definition) is 5. The minimum absolute atomic E-state index is 0.191. The summed E-state index contributed by atoms with van der Waals surface area (Å²) in [5.74, 6) is 1.90. The molecule has 5 rings (SSSR count). The zero-order chi connectivity index (χ0) is 18.9. The first-order chi connectivity index (χ1) is 13.7. The normalized spacial score (nSPS) is 12.1. The van der Waals surface area contributed by atoms with Crippen LogP contribution in [0.5, 0.6) is 11.5 Å². The van der Waals surface area contributed by atoms with Crippen molar-refractivity contribution in [2.75, 3.05) is 17.4 Å². The van der Waals surface area contributed by atoms with E-state index in [0.717, 1.165) is 11.3 Å². The minimum atomic E-state index is -0.354. The van der Waals surface area contributed by atoms with Crippen LogP contribution < -0.4 is 20.1 Å². The Morgan fingerprint density at radius 3 is 2.75 bits per heavy atom. The lowest BCUT2D eigenvalue weighted by atomic mass is 10.1. The number of rotatable bonds is 3. The van der Waals surface area contributed by atoms with E-state index in [1.807, 2.05) is 47.1 Å². The highest BCUT2D eigenvalue weighted by atomic mass is 16.7. The maximum atomic E-state index is 12.3. The van der Waals surface area contributed by atoms with Crippen molar-refractivity contribution in [1.82, 2.24) is 14.4 Å². The highest BCUT2D eigenvalue weighted by molar-refractivity contribution is 6.00. The number of amides is 2. The molecule has 138 valence electrons. The molecule has 0 spiro atoms. The Labute approximate surface area is 159 Å². The first-order valence-electron chi connectivity index (χ1n) is 8.62. The molecule has 1 aliphatic rings. The minimum Gasteiger partial charge on any atom is -0.454 e. The lowest BCUT2D eigenvalue weighted by Gasteiger charge is -2.09. The van der Waals surface area contributed by atoms with Crippen LogP contribution in [0.25, 0.3) is 17.0 Å². The third kappa shape index (κ3) is 3.07. The number of carbonyl (C=O) groups is 1. The highest BCUT2D eigenvalue weighted by Gasteiger charge is 2.14. The lowest BCUT2D eigenvalue weighted by Crippen LogP contribution is -2.19. The van der Waals surface area contributed by atoms with Crippen LogP contribution in [-0.2, 0) is 0 Å². The van der Waals surface area contributed by atoms with Gasteiger partial charge in [-0.2, -0.15) is 0 Å². The fourth-order valence-electron chi connectivity index (χ4n) is 2.99. The van der Waals surface area contributed by atoms with E-state index in [2.05, 4.69) is 20.6 Å². The summed E-state index contributed by atoms with van der Waals surface area (Å²) in [6.45, 7) is 0.191. The van der Waals surface area contributed by atoms with Gasteiger partial charge in [-0.25, -0.2) is 14.8 Å². The molecule has 2 aromatic heterocycles. The Balaban J connectivity index is 1.32. The molecule has 0 aliphatic carbocycles. The maximum Gasteiger partial charge on any atom is 0.323 e. The average Bonchev–Trinajstić information content (AvgIpc) is 3.34. The van der Waals surface area contributed by atoms with E-state index in [1.54, 1.807) is 24.4 Å². The maximum absolute atomic E-state index is 12.3. The van der Waals surface area contributed by atoms with Gasteiger partial charge in [-0.1, -0.05) is 12.1 Å². The largest absolute Gasteiger partial charge is 0.454 e. The molecule has 28 heavy (non-hydrogen) atoms. The smallest absolute Gasteiger partial charge is 0.323 e. The molecule has 4 aromatic rings. The van der Waals surface area contributed by atoms with Gasteiger partial charge in [-0.3, -0.25) is 4.40 Å². The van der Waals surface area contributed by atoms with Crippen molar-refractivity contribution in [1.29, 1.82) is 0 Å². The second-order valence-corrected chi connectivity index (χ2v) is 6.18. The molecule has 0 fully saturated rings. The molecule has 0 atom stereocenters. The molecule has 8 nitrogen and oxygen atoms in total. The van der Waals surface area contributed by atoms with E-state index in [-0.39, 0.29) is 12.8 Å². The van der Waals surface area contributed by atoms with Gasteiger partial charge in [0.2, 0.25) is 12.6 Å². The number of carbonyl (C=O) groups excluding carboxylic acids is 1. The SMILES string of the molecule is O=C(Nc1cccc(-c2cn3cccnc3n2)c1)Nc1ccc2c(c1)OCO2. The van der Waals surface area contributed by atoms with Gasteiger partial charge in [-0.05, 0) is 30.3 Å². The Hall–Kier alpha value is -4.07. The highest BCUT2D eigenvalue weighted by Crippen LogP contribution is 2.34. The lowest BCUT2D eigenvalue weighted by molar-refractivity contribution is 0.174. The number of fused-ring (bicyclic) bond motifs is 2. The van der Waals surface area contributed by atoms with E-state index >= 15 is 0 Å². The summed E-state index contributed by atoms with van der Waals surface area (Å²) < 4.78 is 12.4. The van der Waals surface area contributed by atoms with E-state index < -0.39 is 0 Å². The Morgan fingerprint density at radius 1 is 1.00 bits per heavy atom. The van der Waals surface area contributed by atoms with Crippen LogP contribution in [0.3, 0.4) is 0 Å². The van der Waals surface area contributed by atoms with E-state index in [1.165, 1.54) is 0 Å². The van der Waals surface area contributed by atoms with Crippen molar-refractivity contribution in [3.05, 3.63) is 67.1 Å². The zero-order valence-corrected chi connectivity index (χ0v) is 14.6. The molecule has 0 saturated heterocycles. The molecule has 3 heterocycles. The Bertz CT molecular complexity index is 1150. The standard InChI is InChI=1S/C20H15N5O3/c26-20(23-15-5-6-17-18(10-15)28-12-27-17)22-14-4-1-3-13(9-14)16-11-25-8-2-7-21-19(25)24-16/h1-11H,12H2,(H2,22,23,26). The monoisotopic (exact) mass is 373 g/mol. The number of imidazole rings is 1. The van der Waals surface area contributed by atoms with E-state index in [9.17, 15) is 4.79 Å². The van der Waals surface area contributed by atoms with Gasteiger partial charge in [0.05, 0.1) is 5.69 Å². The number of anilines is 2. The van der Waals surface area contributed by atoms with Gasteiger partial charge < -0.3 is 20.1 Å². The quantitative estimate of drug-likeness (QED) is 0.571. The van der Waals surface area contributed by atoms with Crippen LogP contribution in [0.15, 0.2) is 67.1 Å². The van der Waals surface area contributed by atoms with Crippen LogP contribution in [0.1, 0.15) is 0 Å². The predicted molar refractivity (Wildman–Crippen MR) is 104 cm³/mol. The van der Waals surface area contributed by atoms with Crippen molar-refractivity contribution in [3.8, 4) is 22.8 Å². The second-order valence-electron chi connectivity index (χ2n) is 6.18. The van der Waals surface area contributed by atoms with Crippen LogP contribution in [0.2, 0.25) is 0 Å². The van der Waals surface area contributed by atoms with Gasteiger partial charge in [0.1, 0.15) is 0 Å². The predicted octanol–water partition coefficient (Wildman–Crippen LogP) is 3.77. The first kappa shape index (κ1) is 16.1. The number of hydrogen-bond donors (Lipinski definition) is 2. The van der Waals surface area contributed by atoms with Crippen LogP contribution in [0, 0.1) is 0 Å². The van der Waals surface area contributed by atoms with Crippen LogP contribution in [0.4, 0.5) is 16.2 Å². The van der Waals surface area contributed by atoms with Gasteiger partial charge in [0, 0.05) is 41.6 Å². The zero-order valence-electron chi connectivity index (χ0n) is 14.6. The van der Waals surface area contributed by atoms with Gasteiger partial charge in [-0.15, -0.1) is 0 Å². The summed E-state index contributed by atoms with van der Waals surface area (Å²) in [7, 11) is 0. The summed E-state index contributed by atoms with van der Waals surface area (Å²) in [5, 5.41) is 5.62. The summed E-state index contributed by atoms with van der Waals surface area (Å²) >= 11 is 0. The molecule has 8 heteroatoms. The average molecular weight is 373 g/mol. The van der Waals surface area contributed by atoms with Crippen molar-refractivity contribution < 1.29 is 14.3 Å². The number of ether oxygens (including phenoxy) is 2. The van der Waals surface area contributed by atoms with Gasteiger partial charge >= 0.3 is 6.03 Å². The second kappa shape index (κ2) is 6.58. The molecule has 0 saturated carbocycles. The summed E-state index contributed by atoms with van der Waals surface area (Å²) in [6, 6.07) is 14.2. The topological polar surface area (TPSA) is 89.8 Å². The number of benzene rings is 2. The molecule has 1 aliphatic heterocycles. The van der Waals surface area contributed by atoms with Crippen LogP contribution >= 0.6 is 0 Å². The first-order valence-corrected chi connectivity index (χ1v) is 8.62. The van der Waals surface area contributed by atoms with Crippen molar-refractivity contribution >= 4 is 23.2 Å². The van der Waals surface area contributed by atoms with E-state index in [0.29, 0.717) is 28.7 Å². The molecule has 0 unspecified atom stereocenters. The van der Waals surface area contributed by atoms with Crippen molar-refractivity contribution in [3.63, 3.8) is 0 Å². The summed E-state index contributed by atoms with van der Waals surface area (Å²) in [4.78, 5) is 21.1. The Morgan fingerprint density at radius 2 is 1.86 bits per heavy atom. The fraction of sp³-hybridized carbons (Fsp3) is 0.0500. The molecule has 0 radical (unpaired) electrons. The van der Waals surface area contributed by atoms with E-state index in [4.69, 9.17) is 9.47 Å². The molecular formula is C20H15N5O3. The third-order valence-corrected chi connectivity index (χ3v) is 4.28. The van der Waals surface area contributed by atoms with Gasteiger partial charge in [0.25, 0.3) is 0 Å². The molecule has 2 amide bonds. The summed E-state index contributed by atoms with van der Waals surface area (Å²) in [6.07, 6.45) is 5.48. The van der Waals surface area contributed by atoms with Gasteiger partial charge in [0.15, 0.2) is 11.5 Å². The fourth-order valence-corrected chi connectivity index (χ4v) is 2.99. The molecular weight excluding hydrogens is 358 g/mol. The van der Waals surface area contributed by atoms with Crippen LogP contribution in [-0.4, -0.2) is 27.2 Å². The number of nitrogens with zero attached hydrogens (tertiary/aromatic N) is 3. The third-order valence-electron chi connectivity index (χ3n) is 4.28. The van der Waals surface area contributed by atoms with Crippen molar-refractivity contribution in [2.24, 2.45) is 0 Å². The van der Waals surface area contributed by atoms with Crippen molar-refractivity contribution in [2.45, 2.75) is 0 Å². The number of nitrogens with one attached hydrogen (secondary N) is 2.